The van der Waals surface area contributed by atoms with Crippen LogP contribution in [0.3, 0.4) is 0 Å². The maximum absolute atomic E-state index is 13.4. The van der Waals surface area contributed by atoms with Crippen molar-refractivity contribution in [1.82, 2.24) is 14.8 Å². The molecule has 1 aliphatic heterocycles. The predicted octanol–water partition coefficient (Wildman–Crippen LogP) is 5.95. The number of nitrogens with zero attached hydrogens (tertiary/aromatic N) is 2. The molecule has 1 N–H and O–H groups in total. The molecule has 1 amide bonds. The summed E-state index contributed by atoms with van der Waals surface area (Å²) < 4.78 is 13.5. The number of hydrogen-bond donors (Lipinski definition) is 1. The lowest BCUT2D eigenvalue weighted by Crippen LogP contribution is -2.37. The molecule has 3 aromatic rings. The van der Waals surface area contributed by atoms with E-state index < -0.39 is 0 Å². The minimum atomic E-state index is -0.0199. The van der Waals surface area contributed by atoms with E-state index in [4.69, 9.17) is 9.47 Å². The van der Waals surface area contributed by atoms with Crippen LogP contribution in [-0.4, -0.2) is 54.3 Å². The molecular formula is C30H39N3O3. The quantitative estimate of drug-likeness (QED) is 0.377. The van der Waals surface area contributed by atoms with Crippen molar-refractivity contribution >= 4 is 16.8 Å². The first-order valence-electron chi connectivity index (χ1n) is 13.6. The molecule has 1 atom stereocenters. The fourth-order valence-corrected chi connectivity index (χ4v) is 5.75. The summed E-state index contributed by atoms with van der Waals surface area (Å²) in [5.41, 5.74) is 2.58. The van der Waals surface area contributed by atoms with Gasteiger partial charge in [-0.3, -0.25) is 4.79 Å². The number of nitrogens with one attached hydrogen (secondary N) is 1. The maximum atomic E-state index is 13.4. The van der Waals surface area contributed by atoms with Crippen LogP contribution in [0.4, 0.5) is 0 Å². The molecule has 1 aliphatic carbocycles. The number of benzene rings is 2. The van der Waals surface area contributed by atoms with E-state index in [1.807, 2.05) is 53.1 Å². The highest BCUT2D eigenvalue weighted by molar-refractivity contribution is 6.00. The number of methoxy groups -OCH3 is 1. The van der Waals surface area contributed by atoms with E-state index in [1.54, 1.807) is 7.11 Å². The molecule has 2 aromatic carbocycles. The average molecular weight is 490 g/mol. The number of hydrogen-bond acceptors (Lipinski definition) is 4. The largest absolute Gasteiger partial charge is 0.497 e. The van der Waals surface area contributed by atoms with Crippen molar-refractivity contribution in [1.29, 1.82) is 0 Å². The van der Waals surface area contributed by atoms with Gasteiger partial charge >= 0.3 is 0 Å². The van der Waals surface area contributed by atoms with Gasteiger partial charge < -0.3 is 24.3 Å². The second kappa shape index (κ2) is 11.4. The number of carbonyl (C=O) groups is 1. The van der Waals surface area contributed by atoms with Crippen molar-refractivity contribution in [3.05, 3.63) is 54.2 Å². The van der Waals surface area contributed by atoms with Gasteiger partial charge in [0, 0.05) is 29.7 Å². The van der Waals surface area contributed by atoms with Crippen LogP contribution in [-0.2, 0) is 0 Å². The Hall–Kier alpha value is -2.99. The minimum absolute atomic E-state index is 0.0199. The summed E-state index contributed by atoms with van der Waals surface area (Å²) in [5, 5.41) is 4.27. The summed E-state index contributed by atoms with van der Waals surface area (Å²) in [7, 11) is 1.67. The number of carbonyl (C=O) groups excluding carboxylic acids is 1. The van der Waals surface area contributed by atoms with E-state index in [-0.39, 0.29) is 11.9 Å². The number of rotatable bonds is 9. The zero-order valence-electron chi connectivity index (χ0n) is 21.7. The Bertz CT molecular complexity index is 1160. The van der Waals surface area contributed by atoms with Crippen LogP contribution in [0.15, 0.2) is 48.5 Å². The monoisotopic (exact) mass is 489 g/mol. The fraction of sp³-hybridized carbons (Fsp3) is 0.500. The molecule has 5 rings (SSSR count). The van der Waals surface area contributed by atoms with Gasteiger partial charge in [0.15, 0.2) is 0 Å². The topological polar surface area (TPSA) is 55.7 Å². The molecule has 1 saturated carbocycles. The molecule has 6 nitrogen and oxygen atoms in total. The van der Waals surface area contributed by atoms with Gasteiger partial charge in [0.1, 0.15) is 17.2 Å². The van der Waals surface area contributed by atoms with Crippen LogP contribution in [0.5, 0.6) is 11.5 Å². The first kappa shape index (κ1) is 24.7. The van der Waals surface area contributed by atoms with Crippen LogP contribution in [0.1, 0.15) is 68.8 Å². The van der Waals surface area contributed by atoms with Crippen LogP contribution < -0.4 is 14.8 Å². The lowest BCUT2D eigenvalue weighted by Gasteiger charge is -2.23. The van der Waals surface area contributed by atoms with Crippen LogP contribution in [0.25, 0.3) is 16.6 Å². The van der Waals surface area contributed by atoms with Crippen LogP contribution in [0.2, 0.25) is 0 Å². The van der Waals surface area contributed by atoms with Crippen molar-refractivity contribution in [2.24, 2.45) is 0 Å². The minimum Gasteiger partial charge on any atom is -0.497 e. The van der Waals surface area contributed by atoms with Crippen LogP contribution in [0, 0.1) is 0 Å². The first-order valence-corrected chi connectivity index (χ1v) is 13.6. The molecule has 2 fully saturated rings. The summed E-state index contributed by atoms with van der Waals surface area (Å²) in [6, 6.07) is 17.0. The zero-order chi connectivity index (χ0) is 24.9. The van der Waals surface area contributed by atoms with E-state index in [1.165, 1.54) is 38.6 Å². The van der Waals surface area contributed by atoms with E-state index in [2.05, 4.69) is 17.1 Å². The van der Waals surface area contributed by atoms with Crippen molar-refractivity contribution in [2.45, 2.75) is 70.4 Å². The second-order valence-electron chi connectivity index (χ2n) is 10.3. The van der Waals surface area contributed by atoms with Gasteiger partial charge in [-0.15, -0.1) is 0 Å². The predicted molar refractivity (Wildman–Crippen MR) is 145 cm³/mol. The molecule has 2 heterocycles. The highest BCUT2D eigenvalue weighted by atomic mass is 16.5. The van der Waals surface area contributed by atoms with Crippen molar-refractivity contribution in [3.63, 3.8) is 0 Å². The number of fused-ring (bicyclic) bond motifs is 1. The number of likely N-dealkylation sites (tertiary alicyclic amines) is 1. The SMILES string of the molecule is COc1ccc2c(c1)cc(C(=O)NC1CCCCC1)n2-c1ccc(OCCCN2CCCC2C)cc1. The molecule has 192 valence electrons. The van der Waals surface area contributed by atoms with Gasteiger partial charge in [-0.25, -0.2) is 0 Å². The smallest absolute Gasteiger partial charge is 0.268 e. The van der Waals surface area contributed by atoms with E-state index in [9.17, 15) is 4.79 Å². The Kier molecular flexibility index (Phi) is 7.81. The standard InChI is InChI=1S/C30H39N3O3/c1-22-8-6-17-32(22)18-7-19-36-26-13-11-25(12-14-26)33-28-16-15-27(35-2)20-23(28)21-29(33)30(34)31-24-9-4-3-5-10-24/h11-16,20-22,24H,3-10,17-19H2,1-2H3,(H,31,34). The molecular weight excluding hydrogens is 450 g/mol. The molecule has 0 spiro atoms. The molecule has 1 aromatic heterocycles. The molecule has 1 unspecified atom stereocenters. The van der Waals surface area contributed by atoms with Crippen molar-refractivity contribution < 1.29 is 14.3 Å². The summed E-state index contributed by atoms with van der Waals surface area (Å²) in [4.78, 5) is 16.0. The third kappa shape index (κ3) is 5.54. The summed E-state index contributed by atoms with van der Waals surface area (Å²) >= 11 is 0. The highest BCUT2D eigenvalue weighted by Crippen LogP contribution is 2.29. The molecule has 6 heteroatoms. The maximum Gasteiger partial charge on any atom is 0.268 e. The van der Waals surface area contributed by atoms with Crippen molar-refractivity contribution in [2.75, 3.05) is 26.8 Å². The van der Waals surface area contributed by atoms with Crippen LogP contribution >= 0.6 is 0 Å². The fourth-order valence-electron chi connectivity index (χ4n) is 5.75. The zero-order valence-corrected chi connectivity index (χ0v) is 21.7. The van der Waals surface area contributed by atoms with Gasteiger partial charge in [-0.1, -0.05) is 19.3 Å². The van der Waals surface area contributed by atoms with Crippen molar-refractivity contribution in [3.8, 4) is 17.2 Å². The van der Waals surface area contributed by atoms with Gasteiger partial charge in [0.2, 0.25) is 0 Å². The molecule has 1 saturated heterocycles. The molecule has 2 aliphatic rings. The van der Waals surface area contributed by atoms with E-state index >= 15 is 0 Å². The molecule has 36 heavy (non-hydrogen) atoms. The lowest BCUT2D eigenvalue weighted by molar-refractivity contribution is 0.0921. The normalized spacial score (nSPS) is 19.0. The van der Waals surface area contributed by atoms with E-state index in [0.717, 1.165) is 53.9 Å². The average Bonchev–Trinajstić information content (AvgIpc) is 3.50. The Balaban J connectivity index is 1.32. The highest BCUT2D eigenvalue weighted by Gasteiger charge is 2.22. The number of amides is 1. The Labute approximate surface area is 214 Å². The number of ether oxygens (including phenoxy) is 2. The summed E-state index contributed by atoms with van der Waals surface area (Å²) in [6.45, 7) is 5.34. The number of aromatic nitrogens is 1. The second-order valence-corrected chi connectivity index (χ2v) is 10.3. The van der Waals surface area contributed by atoms with Gasteiger partial charge in [0.05, 0.1) is 19.2 Å². The van der Waals surface area contributed by atoms with Gasteiger partial charge in [0.25, 0.3) is 5.91 Å². The Morgan fingerprint density at radius 3 is 2.47 bits per heavy atom. The van der Waals surface area contributed by atoms with Gasteiger partial charge in [-0.05, 0) is 94.1 Å². The third-order valence-corrected chi connectivity index (χ3v) is 7.83. The van der Waals surface area contributed by atoms with E-state index in [0.29, 0.717) is 18.3 Å². The summed E-state index contributed by atoms with van der Waals surface area (Å²) in [6.07, 6.45) is 9.40. The summed E-state index contributed by atoms with van der Waals surface area (Å²) in [5.74, 6) is 1.62. The third-order valence-electron chi connectivity index (χ3n) is 7.83. The molecule has 0 bridgehead atoms. The Morgan fingerprint density at radius 2 is 1.75 bits per heavy atom. The lowest BCUT2D eigenvalue weighted by atomic mass is 9.95. The van der Waals surface area contributed by atoms with Gasteiger partial charge in [-0.2, -0.15) is 0 Å². The molecule has 0 radical (unpaired) electrons. The Morgan fingerprint density at radius 1 is 0.972 bits per heavy atom. The first-order chi connectivity index (χ1) is 17.6.